The van der Waals surface area contributed by atoms with Gasteiger partial charge in [-0.05, 0) is 43.0 Å². The summed E-state index contributed by atoms with van der Waals surface area (Å²) in [6.07, 6.45) is 0. The first-order valence-corrected chi connectivity index (χ1v) is 7.22. The van der Waals surface area contributed by atoms with Gasteiger partial charge in [-0.15, -0.1) is 0 Å². The van der Waals surface area contributed by atoms with Crippen molar-refractivity contribution in [1.82, 2.24) is 4.57 Å². The quantitative estimate of drug-likeness (QED) is 0.694. The number of fused-ring (bicyclic) bond motifs is 1. The summed E-state index contributed by atoms with van der Waals surface area (Å²) < 4.78 is 1.89. The lowest BCUT2D eigenvalue weighted by molar-refractivity contribution is 0.786. The molecule has 0 fully saturated rings. The fourth-order valence-electron chi connectivity index (χ4n) is 2.90. The molecule has 21 heavy (non-hydrogen) atoms. The van der Waals surface area contributed by atoms with Crippen molar-refractivity contribution in [3.63, 3.8) is 0 Å². The Hall–Kier alpha value is -2.35. The summed E-state index contributed by atoms with van der Waals surface area (Å²) in [6.45, 7) is 6.77. The van der Waals surface area contributed by atoms with Crippen molar-refractivity contribution >= 4 is 10.9 Å². The molecule has 0 aliphatic carbocycles. The fraction of sp³-hybridized carbons (Fsp3) is 0.211. The second kappa shape index (κ2) is 5.21. The number of aromatic nitrogens is 1. The average molecular weight is 277 g/mol. The van der Waals surface area contributed by atoms with Gasteiger partial charge in [0.2, 0.25) is 0 Å². The minimum absolute atomic E-state index is 0.0672. The van der Waals surface area contributed by atoms with E-state index < -0.39 is 0 Å². The van der Waals surface area contributed by atoms with Crippen LogP contribution in [0.25, 0.3) is 10.9 Å². The number of rotatable bonds is 2. The number of para-hydroxylation sites is 1. The standard InChI is InChI=1S/C19H19NO/c1-13-7-4-5-9-16(13)12-20-18(21)11-15(3)17-10-6-8-14(2)19(17)20/h4-11H,12H2,1-3H3. The first kappa shape index (κ1) is 13.6. The molecule has 106 valence electrons. The molecule has 0 spiro atoms. The lowest BCUT2D eigenvalue weighted by Gasteiger charge is -2.15. The van der Waals surface area contributed by atoms with E-state index in [9.17, 15) is 4.79 Å². The third-order valence-electron chi connectivity index (χ3n) is 4.13. The minimum atomic E-state index is 0.0672. The average Bonchev–Trinajstić information content (AvgIpc) is 2.45. The zero-order valence-electron chi connectivity index (χ0n) is 12.7. The first-order valence-electron chi connectivity index (χ1n) is 7.22. The Morgan fingerprint density at radius 2 is 1.57 bits per heavy atom. The Kier molecular flexibility index (Phi) is 3.38. The van der Waals surface area contributed by atoms with Gasteiger partial charge in [-0.2, -0.15) is 0 Å². The second-order valence-corrected chi connectivity index (χ2v) is 5.65. The summed E-state index contributed by atoms with van der Waals surface area (Å²) in [6, 6.07) is 16.2. The molecule has 0 aliphatic rings. The van der Waals surface area contributed by atoms with E-state index >= 15 is 0 Å². The Labute approximate surface area is 124 Å². The minimum Gasteiger partial charge on any atom is -0.304 e. The van der Waals surface area contributed by atoms with Gasteiger partial charge in [0.05, 0.1) is 12.1 Å². The number of hydrogen-bond donors (Lipinski definition) is 0. The molecule has 0 radical (unpaired) electrons. The van der Waals surface area contributed by atoms with Crippen molar-refractivity contribution in [2.75, 3.05) is 0 Å². The van der Waals surface area contributed by atoms with Crippen LogP contribution < -0.4 is 5.56 Å². The zero-order chi connectivity index (χ0) is 15.0. The van der Waals surface area contributed by atoms with Crippen LogP contribution in [0.5, 0.6) is 0 Å². The molecule has 0 atom stereocenters. The fourth-order valence-corrected chi connectivity index (χ4v) is 2.90. The van der Waals surface area contributed by atoms with Crippen LogP contribution in [-0.2, 0) is 6.54 Å². The number of hydrogen-bond acceptors (Lipinski definition) is 1. The molecule has 0 aliphatic heterocycles. The topological polar surface area (TPSA) is 22.0 Å². The van der Waals surface area contributed by atoms with E-state index in [0.717, 1.165) is 22.0 Å². The lowest BCUT2D eigenvalue weighted by Crippen LogP contribution is -2.22. The van der Waals surface area contributed by atoms with E-state index in [4.69, 9.17) is 0 Å². The molecule has 3 rings (SSSR count). The smallest absolute Gasteiger partial charge is 0.251 e. The Morgan fingerprint density at radius 1 is 0.857 bits per heavy atom. The van der Waals surface area contributed by atoms with Crippen LogP contribution in [0, 0.1) is 20.8 Å². The number of aryl methyl sites for hydroxylation is 3. The van der Waals surface area contributed by atoms with Gasteiger partial charge < -0.3 is 4.57 Å². The van der Waals surface area contributed by atoms with Crippen molar-refractivity contribution in [3.05, 3.63) is 81.1 Å². The van der Waals surface area contributed by atoms with E-state index in [-0.39, 0.29) is 5.56 Å². The maximum atomic E-state index is 12.5. The van der Waals surface area contributed by atoms with Crippen LogP contribution >= 0.6 is 0 Å². The van der Waals surface area contributed by atoms with Gasteiger partial charge in [-0.25, -0.2) is 0 Å². The summed E-state index contributed by atoms with van der Waals surface area (Å²) >= 11 is 0. The first-order chi connectivity index (χ1) is 10.1. The highest BCUT2D eigenvalue weighted by molar-refractivity contribution is 5.85. The van der Waals surface area contributed by atoms with E-state index in [1.165, 1.54) is 11.1 Å². The molecule has 1 heterocycles. The van der Waals surface area contributed by atoms with Gasteiger partial charge in [0.25, 0.3) is 5.56 Å². The Bertz CT molecular complexity index is 874. The van der Waals surface area contributed by atoms with Crippen molar-refractivity contribution in [2.45, 2.75) is 27.3 Å². The maximum Gasteiger partial charge on any atom is 0.251 e. The van der Waals surface area contributed by atoms with Gasteiger partial charge in [-0.3, -0.25) is 4.79 Å². The molecular weight excluding hydrogens is 258 g/mol. The molecule has 0 bridgehead atoms. The molecule has 0 N–H and O–H groups in total. The molecule has 2 heteroatoms. The van der Waals surface area contributed by atoms with Gasteiger partial charge in [-0.1, -0.05) is 42.5 Å². The summed E-state index contributed by atoms with van der Waals surface area (Å²) in [7, 11) is 0. The van der Waals surface area contributed by atoms with Crippen LogP contribution in [0.4, 0.5) is 0 Å². The summed E-state index contributed by atoms with van der Waals surface area (Å²) in [5, 5.41) is 1.16. The predicted molar refractivity (Wildman–Crippen MR) is 88.0 cm³/mol. The van der Waals surface area contributed by atoms with Crippen molar-refractivity contribution in [3.8, 4) is 0 Å². The van der Waals surface area contributed by atoms with Gasteiger partial charge in [0, 0.05) is 11.5 Å². The van der Waals surface area contributed by atoms with E-state index in [1.54, 1.807) is 6.07 Å². The number of pyridine rings is 1. The molecule has 0 unspecified atom stereocenters. The zero-order valence-corrected chi connectivity index (χ0v) is 12.7. The molecule has 0 saturated carbocycles. The molecular formula is C19H19NO. The highest BCUT2D eigenvalue weighted by atomic mass is 16.1. The Balaban J connectivity index is 2.28. The van der Waals surface area contributed by atoms with Crippen LogP contribution in [0.3, 0.4) is 0 Å². The van der Waals surface area contributed by atoms with Gasteiger partial charge >= 0.3 is 0 Å². The molecule has 1 aromatic heterocycles. The monoisotopic (exact) mass is 277 g/mol. The van der Waals surface area contributed by atoms with Gasteiger partial charge in [0.15, 0.2) is 0 Å². The number of nitrogens with zero attached hydrogens (tertiary/aromatic N) is 1. The normalized spacial score (nSPS) is 11.0. The lowest BCUT2D eigenvalue weighted by atomic mass is 10.0. The third-order valence-corrected chi connectivity index (χ3v) is 4.13. The van der Waals surface area contributed by atoms with Crippen LogP contribution in [0.15, 0.2) is 53.3 Å². The number of benzene rings is 2. The second-order valence-electron chi connectivity index (χ2n) is 5.65. The molecule has 2 nitrogen and oxygen atoms in total. The van der Waals surface area contributed by atoms with E-state index in [2.05, 4.69) is 38.1 Å². The SMILES string of the molecule is Cc1ccccc1Cn1c(=O)cc(C)c2cccc(C)c21. The van der Waals surface area contributed by atoms with Crippen molar-refractivity contribution < 1.29 is 0 Å². The highest BCUT2D eigenvalue weighted by Gasteiger charge is 2.09. The van der Waals surface area contributed by atoms with Crippen LogP contribution in [0.2, 0.25) is 0 Å². The van der Waals surface area contributed by atoms with Crippen molar-refractivity contribution in [2.24, 2.45) is 0 Å². The maximum absolute atomic E-state index is 12.5. The summed E-state index contributed by atoms with van der Waals surface area (Å²) in [4.78, 5) is 12.5. The third kappa shape index (κ3) is 2.38. The van der Waals surface area contributed by atoms with Crippen LogP contribution in [0.1, 0.15) is 22.3 Å². The molecule has 0 saturated heterocycles. The Morgan fingerprint density at radius 3 is 2.33 bits per heavy atom. The largest absolute Gasteiger partial charge is 0.304 e. The molecule has 0 amide bonds. The van der Waals surface area contributed by atoms with E-state index in [1.807, 2.05) is 29.7 Å². The predicted octanol–water partition coefficient (Wildman–Crippen LogP) is 3.98. The van der Waals surface area contributed by atoms with E-state index in [0.29, 0.717) is 6.54 Å². The van der Waals surface area contributed by atoms with Crippen molar-refractivity contribution in [1.29, 1.82) is 0 Å². The van der Waals surface area contributed by atoms with Crippen LogP contribution in [-0.4, -0.2) is 4.57 Å². The summed E-state index contributed by atoms with van der Waals surface area (Å²) in [5.74, 6) is 0. The molecule has 3 aromatic rings. The molecule has 2 aromatic carbocycles. The van der Waals surface area contributed by atoms with Gasteiger partial charge in [0.1, 0.15) is 0 Å². The highest BCUT2D eigenvalue weighted by Crippen LogP contribution is 2.21. The summed E-state index contributed by atoms with van der Waals surface area (Å²) in [5.41, 5.74) is 5.70.